The smallest absolute Gasteiger partial charge is 0.119 e. The summed E-state index contributed by atoms with van der Waals surface area (Å²) in [6.45, 7) is 1.16. The zero-order valence-electron chi connectivity index (χ0n) is 9.43. The second-order valence-corrected chi connectivity index (χ2v) is 4.09. The molecule has 0 radical (unpaired) electrons. The summed E-state index contributed by atoms with van der Waals surface area (Å²) in [7, 11) is 0. The van der Waals surface area contributed by atoms with Crippen LogP contribution in [0.3, 0.4) is 0 Å². The average Bonchev–Trinajstić information content (AvgIpc) is 2.85. The molecule has 0 saturated carbocycles. The van der Waals surface area contributed by atoms with Gasteiger partial charge in [-0.2, -0.15) is 0 Å². The Morgan fingerprint density at radius 1 is 1.35 bits per heavy atom. The Balaban J connectivity index is 1.58. The summed E-state index contributed by atoms with van der Waals surface area (Å²) in [5, 5.41) is 0. The van der Waals surface area contributed by atoms with Crippen molar-refractivity contribution in [1.29, 1.82) is 0 Å². The molecule has 1 atom stereocenters. The minimum Gasteiger partial charge on any atom is -0.491 e. The molecule has 0 aliphatic carbocycles. The number of nitrogens with zero attached hydrogens (tertiary/aromatic N) is 1. The lowest BCUT2D eigenvalue weighted by Gasteiger charge is -2.22. The minimum atomic E-state index is 0.0889. The summed E-state index contributed by atoms with van der Waals surface area (Å²) >= 11 is 0. The van der Waals surface area contributed by atoms with E-state index in [1.165, 1.54) is 0 Å². The van der Waals surface area contributed by atoms with E-state index in [2.05, 4.69) is 9.97 Å². The van der Waals surface area contributed by atoms with Crippen LogP contribution in [0.1, 0.15) is 11.4 Å². The monoisotopic (exact) mass is 230 g/mol. The Morgan fingerprint density at radius 2 is 2.24 bits per heavy atom. The molecule has 88 valence electrons. The Labute approximate surface area is 99.6 Å². The molecule has 0 amide bonds. The molecule has 0 bridgehead atoms. The number of para-hydroxylation sites is 1. The first kappa shape index (κ1) is 10.4. The van der Waals surface area contributed by atoms with Gasteiger partial charge in [-0.1, -0.05) is 18.2 Å². The molecule has 4 nitrogen and oxygen atoms in total. The van der Waals surface area contributed by atoms with Crippen molar-refractivity contribution in [2.75, 3.05) is 6.61 Å². The van der Waals surface area contributed by atoms with Crippen molar-refractivity contribution >= 4 is 0 Å². The zero-order chi connectivity index (χ0) is 11.5. The number of benzene rings is 1. The van der Waals surface area contributed by atoms with Gasteiger partial charge in [-0.25, -0.2) is 4.98 Å². The van der Waals surface area contributed by atoms with Crippen LogP contribution >= 0.6 is 0 Å². The highest BCUT2D eigenvalue weighted by atomic mass is 16.5. The first-order chi connectivity index (χ1) is 8.42. The van der Waals surface area contributed by atoms with Crippen LogP contribution in [0.25, 0.3) is 0 Å². The Hall–Kier alpha value is -1.81. The van der Waals surface area contributed by atoms with Crippen LogP contribution < -0.4 is 4.74 Å². The maximum absolute atomic E-state index is 5.69. The maximum atomic E-state index is 5.69. The quantitative estimate of drug-likeness (QED) is 0.876. The standard InChI is InChI=1S/C13H14N2O2/c1-2-4-10(5-3-1)16-7-11-6-12-13(8-17-11)15-9-14-12/h1-5,9,11H,6-8H2,(H,14,15). The highest BCUT2D eigenvalue weighted by Crippen LogP contribution is 2.18. The van der Waals surface area contributed by atoms with Crippen LogP contribution in [0.5, 0.6) is 5.75 Å². The van der Waals surface area contributed by atoms with Crippen molar-refractivity contribution < 1.29 is 9.47 Å². The molecule has 0 saturated heterocycles. The van der Waals surface area contributed by atoms with Gasteiger partial charge in [0.05, 0.1) is 30.4 Å². The number of nitrogens with one attached hydrogen (secondary N) is 1. The molecular weight excluding hydrogens is 216 g/mol. The highest BCUT2D eigenvalue weighted by Gasteiger charge is 2.21. The second-order valence-electron chi connectivity index (χ2n) is 4.09. The predicted molar refractivity (Wildman–Crippen MR) is 62.8 cm³/mol. The lowest BCUT2D eigenvalue weighted by atomic mass is 10.1. The number of hydrogen-bond donors (Lipinski definition) is 1. The molecule has 1 aliphatic heterocycles. The van der Waals surface area contributed by atoms with Crippen molar-refractivity contribution in [3.8, 4) is 5.75 Å². The third kappa shape index (κ3) is 2.31. The number of imidazole rings is 1. The van der Waals surface area contributed by atoms with Crippen LogP contribution in [-0.4, -0.2) is 22.7 Å². The van der Waals surface area contributed by atoms with Crippen LogP contribution in [0.2, 0.25) is 0 Å². The van der Waals surface area contributed by atoms with E-state index in [0.29, 0.717) is 13.2 Å². The lowest BCUT2D eigenvalue weighted by Crippen LogP contribution is -2.28. The first-order valence-electron chi connectivity index (χ1n) is 5.72. The van der Waals surface area contributed by atoms with Gasteiger partial charge in [0.25, 0.3) is 0 Å². The molecule has 0 fully saturated rings. The third-order valence-electron chi connectivity index (χ3n) is 2.87. The summed E-state index contributed by atoms with van der Waals surface area (Å²) in [6.07, 6.45) is 2.62. The van der Waals surface area contributed by atoms with Crippen molar-refractivity contribution in [3.05, 3.63) is 48.0 Å². The average molecular weight is 230 g/mol. The van der Waals surface area contributed by atoms with Gasteiger partial charge in [0.15, 0.2) is 0 Å². The van der Waals surface area contributed by atoms with Gasteiger partial charge in [0, 0.05) is 6.42 Å². The minimum absolute atomic E-state index is 0.0889. The van der Waals surface area contributed by atoms with E-state index in [1.54, 1.807) is 6.33 Å². The Morgan fingerprint density at radius 3 is 3.12 bits per heavy atom. The first-order valence-corrected chi connectivity index (χ1v) is 5.72. The van der Waals surface area contributed by atoms with Crippen molar-refractivity contribution in [3.63, 3.8) is 0 Å². The van der Waals surface area contributed by atoms with Crippen molar-refractivity contribution in [2.24, 2.45) is 0 Å². The van der Waals surface area contributed by atoms with Crippen LogP contribution in [-0.2, 0) is 17.8 Å². The fourth-order valence-electron chi connectivity index (χ4n) is 1.94. The van der Waals surface area contributed by atoms with Gasteiger partial charge < -0.3 is 14.5 Å². The number of aromatic amines is 1. The summed E-state index contributed by atoms with van der Waals surface area (Å²) in [5.74, 6) is 0.879. The summed E-state index contributed by atoms with van der Waals surface area (Å²) in [4.78, 5) is 7.35. The number of fused-ring (bicyclic) bond motifs is 1. The van der Waals surface area contributed by atoms with E-state index in [-0.39, 0.29) is 6.10 Å². The Bertz CT molecular complexity index is 481. The molecule has 17 heavy (non-hydrogen) atoms. The molecular formula is C13H14N2O2. The highest BCUT2D eigenvalue weighted by molar-refractivity contribution is 5.21. The molecule has 1 aromatic carbocycles. The summed E-state index contributed by atoms with van der Waals surface area (Å²) < 4.78 is 11.4. The van der Waals surface area contributed by atoms with E-state index in [4.69, 9.17) is 9.47 Å². The summed E-state index contributed by atoms with van der Waals surface area (Å²) in [6, 6.07) is 9.79. The topological polar surface area (TPSA) is 47.1 Å². The molecule has 2 aromatic rings. The van der Waals surface area contributed by atoms with Gasteiger partial charge >= 0.3 is 0 Å². The molecule has 4 heteroatoms. The predicted octanol–water partition coefficient (Wildman–Crippen LogP) is 1.93. The maximum Gasteiger partial charge on any atom is 0.119 e. The van der Waals surface area contributed by atoms with Gasteiger partial charge in [0.2, 0.25) is 0 Å². The van der Waals surface area contributed by atoms with Gasteiger partial charge in [-0.3, -0.25) is 0 Å². The normalized spacial score (nSPS) is 18.7. The van der Waals surface area contributed by atoms with E-state index < -0.39 is 0 Å². The van der Waals surface area contributed by atoms with E-state index in [1.807, 2.05) is 30.3 Å². The zero-order valence-corrected chi connectivity index (χ0v) is 9.43. The molecule has 3 rings (SSSR count). The number of hydrogen-bond acceptors (Lipinski definition) is 3. The van der Waals surface area contributed by atoms with Gasteiger partial charge in [-0.05, 0) is 12.1 Å². The molecule has 1 N–H and O–H groups in total. The fourth-order valence-corrected chi connectivity index (χ4v) is 1.94. The second kappa shape index (κ2) is 4.59. The fraction of sp³-hybridized carbons (Fsp3) is 0.308. The lowest BCUT2D eigenvalue weighted by molar-refractivity contribution is -0.00272. The van der Waals surface area contributed by atoms with Gasteiger partial charge in [-0.15, -0.1) is 0 Å². The number of rotatable bonds is 3. The van der Waals surface area contributed by atoms with E-state index in [9.17, 15) is 0 Å². The molecule has 1 aliphatic rings. The van der Waals surface area contributed by atoms with Crippen molar-refractivity contribution in [1.82, 2.24) is 9.97 Å². The van der Waals surface area contributed by atoms with Crippen LogP contribution in [0.4, 0.5) is 0 Å². The number of H-pyrrole nitrogens is 1. The molecule has 0 spiro atoms. The molecule has 2 heterocycles. The Kier molecular flexibility index (Phi) is 2.80. The SMILES string of the molecule is c1ccc(OCC2Cc3nc[nH]c3CO2)cc1. The summed E-state index contributed by atoms with van der Waals surface area (Å²) in [5.41, 5.74) is 2.18. The number of ether oxygens (including phenoxy) is 2. The van der Waals surface area contributed by atoms with Crippen LogP contribution in [0, 0.1) is 0 Å². The molecule has 1 aromatic heterocycles. The third-order valence-corrected chi connectivity index (χ3v) is 2.87. The molecule has 1 unspecified atom stereocenters. The van der Waals surface area contributed by atoms with E-state index in [0.717, 1.165) is 23.6 Å². The van der Waals surface area contributed by atoms with Gasteiger partial charge in [0.1, 0.15) is 12.4 Å². The van der Waals surface area contributed by atoms with E-state index >= 15 is 0 Å². The largest absolute Gasteiger partial charge is 0.491 e. The van der Waals surface area contributed by atoms with Crippen LogP contribution in [0.15, 0.2) is 36.7 Å². The van der Waals surface area contributed by atoms with Crippen molar-refractivity contribution in [2.45, 2.75) is 19.1 Å². The number of aromatic nitrogens is 2.